The maximum Gasteiger partial charge on any atom is 0.434 e. The number of halogens is 3. The standard InChI is InChI=1S/C30H47F3N4O3Si/c1-21(2)18-37(24-10-8-7-9-11-24)26-13-12-23(22(3)16-28(38)39)17-25(26)34-29-35-27(30(31,32)33)19-36(29)20-40-14-15-41(4,5)6/h12-13,17,19,21-22,24H,7-11,14-16,18,20H2,1-6H3,(H,34,35)(H,38,39). The summed E-state index contributed by atoms with van der Waals surface area (Å²) >= 11 is 0. The highest BCUT2D eigenvalue weighted by Crippen LogP contribution is 2.38. The number of aromatic nitrogens is 2. The van der Waals surface area contributed by atoms with E-state index in [1.807, 2.05) is 25.1 Å². The number of benzene rings is 1. The number of nitrogens with zero attached hydrogens (tertiary/aromatic N) is 3. The summed E-state index contributed by atoms with van der Waals surface area (Å²) in [5, 5.41) is 12.6. The molecule has 0 bridgehead atoms. The van der Waals surface area contributed by atoms with Gasteiger partial charge in [0.15, 0.2) is 5.69 Å². The van der Waals surface area contributed by atoms with Crippen LogP contribution >= 0.6 is 0 Å². The van der Waals surface area contributed by atoms with Crippen LogP contribution in [0.3, 0.4) is 0 Å². The molecule has 1 heterocycles. The number of carboxylic acid groups (broad SMARTS) is 1. The van der Waals surface area contributed by atoms with E-state index in [-0.39, 0.29) is 25.0 Å². The van der Waals surface area contributed by atoms with Gasteiger partial charge in [0.25, 0.3) is 0 Å². The molecule has 0 radical (unpaired) electrons. The first-order valence-electron chi connectivity index (χ1n) is 14.8. The summed E-state index contributed by atoms with van der Waals surface area (Å²) in [6.07, 6.45) is 1.94. The van der Waals surface area contributed by atoms with Gasteiger partial charge in [0.2, 0.25) is 5.95 Å². The molecule has 3 rings (SSSR count). The van der Waals surface area contributed by atoms with Crippen LogP contribution in [0.2, 0.25) is 25.7 Å². The first-order chi connectivity index (χ1) is 19.1. The Kier molecular flexibility index (Phi) is 11.3. The molecular weight excluding hydrogens is 549 g/mol. The molecular formula is C30H47F3N4O3Si. The van der Waals surface area contributed by atoms with Gasteiger partial charge < -0.3 is 20.1 Å². The normalized spacial score (nSPS) is 15.8. The third-order valence-corrected chi connectivity index (χ3v) is 9.20. The van der Waals surface area contributed by atoms with E-state index in [4.69, 9.17) is 4.74 Å². The topological polar surface area (TPSA) is 79.6 Å². The molecule has 0 spiro atoms. The number of hydrogen-bond acceptors (Lipinski definition) is 5. The zero-order valence-corrected chi connectivity index (χ0v) is 26.4. The number of imidazole rings is 1. The van der Waals surface area contributed by atoms with Gasteiger partial charge in [0.05, 0.1) is 17.8 Å². The van der Waals surface area contributed by atoms with Gasteiger partial charge >= 0.3 is 12.1 Å². The van der Waals surface area contributed by atoms with E-state index in [1.165, 1.54) is 11.0 Å². The van der Waals surface area contributed by atoms with E-state index < -0.39 is 25.9 Å². The highest BCUT2D eigenvalue weighted by molar-refractivity contribution is 6.76. The van der Waals surface area contributed by atoms with Crippen LogP contribution in [0.1, 0.15) is 76.5 Å². The van der Waals surface area contributed by atoms with Crippen LogP contribution in [-0.2, 0) is 22.4 Å². The highest BCUT2D eigenvalue weighted by atomic mass is 28.3. The van der Waals surface area contributed by atoms with Crippen LogP contribution in [0.5, 0.6) is 0 Å². The number of alkyl halides is 3. The number of carbonyl (C=O) groups is 1. The number of rotatable bonds is 14. The molecule has 0 amide bonds. The molecule has 1 saturated carbocycles. The van der Waals surface area contributed by atoms with Crippen LogP contribution in [0.4, 0.5) is 30.5 Å². The van der Waals surface area contributed by atoms with E-state index in [0.29, 0.717) is 24.3 Å². The summed E-state index contributed by atoms with van der Waals surface area (Å²) in [7, 11) is -1.37. The number of carboxylic acids is 1. The van der Waals surface area contributed by atoms with Crippen molar-refractivity contribution in [3.8, 4) is 0 Å². The Bertz CT molecular complexity index is 1140. The lowest BCUT2D eigenvalue weighted by molar-refractivity contribution is -0.141. The van der Waals surface area contributed by atoms with Gasteiger partial charge in [-0.15, -0.1) is 0 Å². The summed E-state index contributed by atoms with van der Waals surface area (Å²) < 4.78 is 48.4. The molecule has 11 heteroatoms. The molecule has 2 N–H and O–H groups in total. The van der Waals surface area contributed by atoms with Crippen molar-refractivity contribution in [2.24, 2.45) is 5.92 Å². The smallest absolute Gasteiger partial charge is 0.434 e. The van der Waals surface area contributed by atoms with E-state index in [1.54, 1.807) is 0 Å². The second-order valence-corrected chi connectivity index (χ2v) is 18.6. The van der Waals surface area contributed by atoms with Crippen molar-refractivity contribution in [3.63, 3.8) is 0 Å². The number of hydrogen-bond donors (Lipinski definition) is 2. The maximum atomic E-state index is 13.7. The Balaban J connectivity index is 2.04. The minimum absolute atomic E-state index is 0.0442. The van der Waals surface area contributed by atoms with Crippen molar-refractivity contribution in [1.82, 2.24) is 9.55 Å². The molecule has 7 nitrogen and oxygen atoms in total. The Hall–Kier alpha value is -2.53. The molecule has 1 atom stereocenters. The molecule has 1 aliphatic rings. The Morgan fingerprint density at radius 3 is 2.46 bits per heavy atom. The predicted octanol–water partition coefficient (Wildman–Crippen LogP) is 8.33. The molecule has 1 unspecified atom stereocenters. The van der Waals surface area contributed by atoms with Crippen LogP contribution in [0.25, 0.3) is 0 Å². The van der Waals surface area contributed by atoms with Crippen LogP contribution in [0, 0.1) is 5.92 Å². The lowest BCUT2D eigenvalue weighted by Crippen LogP contribution is -2.39. The molecule has 230 valence electrons. The fourth-order valence-electron chi connectivity index (χ4n) is 5.23. The fourth-order valence-corrected chi connectivity index (χ4v) is 5.99. The van der Waals surface area contributed by atoms with Gasteiger partial charge in [-0.1, -0.05) is 65.7 Å². The van der Waals surface area contributed by atoms with E-state index in [0.717, 1.165) is 55.7 Å². The molecule has 41 heavy (non-hydrogen) atoms. The summed E-state index contributed by atoms with van der Waals surface area (Å²) in [5.74, 6) is -0.761. The molecule has 1 aromatic carbocycles. The molecule has 1 aromatic heterocycles. The quantitative estimate of drug-likeness (QED) is 0.169. The first kappa shape index (κ1) is 33.0. The predicted molar refractivity (Wildman–Crippen MR) is 161 cm³/mol. The Morgan fingerprint density at radius 1 is 1.20 bits per heavy atom. The minimum atomic E-state index is -4.60. The van der Waals surface area contributed by atoms with E-state index in [9.17, 15) is 23.1 Å². The first-order valence-corrected chi connectivity index (χ1v) is 18.5. The number of aliphatic carboxylic acids is 1. The third-order valence-electron chi connectivity index (χ3n) is 7.50. The molecule has 1 fully saturated rings. The van der Waals surface area contributed by atoms with E-state index in [2.05, 4.69) is 48.7 Å². The molecule has 1 aliphatic carbocycles. The van der Waals surface area contributed by atoms with Gasteiger partial charge in [0.1, 0.15) is 6.73 Å². The Morgan fingerprint density at radius 2 is 1.88 bits per heavy atom. The van der Waals surface area contributed by atoms with Crippen LogP contribution < -0.4 is 10.2 Å². The summed E-state index contributed by atoms with van der Waals surface area (Å²) in [6.45, 7) is 14.0. The van der Waals surface area contributed by atoms with Gasteiger partial charge in [-0.05, 0) is 48.4 Å². The average molecular weight is 597 g/mol. The van der Waals surface area contributed by atoms with Crippen molar-refractivity contribution >= 4 is 31.4 Å². The van der Waals surface area contributed by atoms with Crippen molar-refractivity contribution in [3.05, 3.63) is 35.7 Å². The van der Waals surface area contributed by atoms with Gasteiger partial charge in [-0.2, -0.15) is 13.2 Å². The summed E-state index contributed by atoms with van der Waals surface area (Å²) in [4.78, 5) is 17.8. The largest absolute Gasteiger partial charge is 0.481 e. The second kappa shape index (κ2) is 14.1. The second-order valence-electron chi connectivity index (χ2n) is 13.0. The van der Waals surface area contributed by atoms with E-state index >= 15 is 0 Å². The van der Waals surface area contributed by atoms with Crippen molar-refractivity contribution in [1.29, 1.82) is 0 Å². The molecule has 2 aromatic rings. The Labute approximate surface area is 243 Å². The summed E-state index contributed by atoms with van der Waals surface area (Å²) in [5.41, 5.74) is 1.32. The number of anilines is 3. The van der Waals surface area contributed by atoms with Gasteiger partial charge in [-0.25, -0.2) is 4.98 Å². The number of nitrogens with one attached hydrogen (secondary N) is 1. The highest BCUT2D eigenvalue weighted by Gasteiger charge is 2.35. The monoisotopic (exact) mass is 596 g/mol. The maximum absolute atomic E-state index is 13.7. The zero-order chi connectivity index (χ0) is 30.4. The van der Waals surface area contributed by atoms with Crippen molar-refractivity contribution < 1.29 is 27.8 Å². The number of ether oxygens (including phenoxy) is 1. The van der Waals surface area contributed by atoms with Gasteiger partial charge in [-0.3, -0.25) is 9.36 Å². The third kappa shape index (κ3) is 10.1. The van der Waals surface area contributed by atoms with Crippen molar-refractivity contribution in [2.75, 3.05) is 23.4 Å². The fraction of sp³-hybridized carbons (Fsp3) is 0.667. The minimum Gasteiger partial charge on any atom is -0.481 e. The summed E-state index contributed by atoms with van der Waals surface area (Å²) in [6, 6.07) is 7.02. The molecule has 0 aliphatic heterocycles. The zero-order valence-electron chi connectivity index (χ0n) is 25.4. The van der Waals surface area contributed by atoms with Crippen LogP contribution in [-0.4, -0.2) is 47.9 Å². The van der Waals surface area contributed by atoms with Crippen molar-refractivity contribution in [2.45, 2.75) is 110 Å². The van der Waals surface area contributed by atoms with Crippen LogP contribution in [0.15, 0.2) is 24.4 Å². The lowest BCUT2D eigenvalue weighted by Gasteiger charge is -2.38. The van der Waals surface area contributed by atoms with Gasteiger partial charge in [0, 0.05) is 33.5 Å². The SMILES string of the molecule is CC(C)CN(c1ccc(C(C)CC(=O)O)cc1Nc1nc(C(F)(F)F)cn1COCC[Si](C)(C)C)C1CCCCC1. The lowest BCUT2D eigenvalue weighted by atomic mass is 9.92. The molecule has 0 saturated heterocycles. The average Bonchev–Trinajstić information content (AvgIpc) is 3.28.